The minimum Gasteiger partial charge on any atom is -0.378 e. The first-order valence-corrected chi connectivity index (χ1v) is 7.42. The van der Waals surface area contributed by atoms with Crippen molar-refractivity contribution >= 4 is 5.91 Å². The summed E-state index contributed by atoms with van der Waals surface area (Å²) in [5.74, 6) is 0.572. The molecule has 2 saturated carbocycles. The Balaban J connectivity index is 1.65. The second-order valence-electron chi connectivity index (χ2n) is 5.61. The summed E-state index contributed by atoms with van der Waals surface area (Å²) in [6, 6.07) is 0.0354. The Bertz CT molecular complexity index is 303. The lowest BCUT2D eigenvalue weighted by Gasteiger charge is -2.43. The molecular formula is C14H26N2O3. The fraction of sp³-hybridized carbons (Fsp3) is 0.929. The van der Waals surface area contributed by atoms with Crippen LogP contribution in [0.1, 0.15) is 39.5 Å². The first-order valence-electron chi connectivity index (χ1n) is 7.42. The quantitative estimate of drug-likeness (QED) is 0.718. The van der Waals surface area contributed by atoms with Crippen molar-refractivity contribution in [2.45, 2.75) is 63.8 Å². The minimum absolute atomic E-state index is 0.00443. The normalized spacial score (nSPS) is 37.3. The maximum absolute atomic E-state index is 11.9. The molecule has 0 aromatic heterocycles. The Morgan fingerprint density at radius 3 is 2.47 bits per heavy atom. The fourth-order valence-electron chi connectivity index (χ4n) is 2.95. The van der Waals surface area contributed by atoms with E-state index < -0.39 is 0 Å². The third kappa shape index (κ3) is 3.68. The van der Waals surface area contributed by atoms with Gasteiger partial charge in [-0.15, -0.1) is 0 Å². The zero-order valence-corrected chi connectivity index (χ0v) is 11.9. The molecule has 19 heavy (non-hydrogen) atoms. The van der Waals surface area contributed by atoms with E-state index in [0.29, 0.717) is 25.0 Å². The lowest BCUT2D eigenvalue weighted by Crippen LogP contribution is -2.65. The van der Waals surface area contributed by atoms with E-state index in [0.717, 1.165) is 25.9 Å². The van der Waals surface area contributed by atoms with Gasteiger partial charge < -0.3 is 20.5 Å². The molecule has 0 saturated heterocycles. The molecule has 2 rings (SSSR count). The van der Waals surface area contributed by atoms with Crippen molar-refractivity contribution in [3.05, 3.63) is 0 Å². The maximum Gasteiger partial charge on any atom is 0.220 e. The van der Waals surface area contributed by atoms with Crippen LogP contribution in [0.4, 0.5) is 0 Å². The molecule has 110 valence electrons. The van der Waals surface area contributed by atoms with Crippen molar-refractivity contribution in [1.82, 2.24) is 5.32 Å². The molecule has 0 heterocycles. The van der Waals surface area contributed by atoms with Gasteiger partial charge in [0.2, 0.25) is 5.91 Å². The molecule has 5 heteroatoms. The van der Waals surface area contributed by atoms with Gasteiger partial charge in [0, 0.05) is 25.7 Å². The SMILES string of the molecule is CCOC1CC(CC(=O)NC2C(N)CC2OCC)C1. The van der Waals surface area contributed by atoms with Crippen molar-refractivity contribution < 1.29 is 14.3 Å². The number of hydrogen-bond donors (Lipinski definition) is 2. The van der Waals surface area contributed by atoms with E-state index in [1.165, 1.54) is 0 Å². The molecule has 2 aliphatic rings. The van der Waals surface area contributed by atoms with Crippen LogP contribution in [-0.2, 0) is 14.3 Å². The van der Waals surface area contributed by atoms with Crippen molar-refractivity contribution in [3.63, 3.8) is 0 Å². The molecule has 0 aromatic carbocycles. The van der Waals surface area contributed by atoms with E-state index in [1.807, 2.05) is 13.8 Å². The third-order valence-electron chi connectivity index (χ3n) is 4.14. The number of carbonyl (C=O) groups excluding carboxylic acids is 1. The number of rotatable bonds is 7. The number of nitrogens with two attached hydrogens (primary N) is 1. The molecule has 0 radical (unpaired) electrons. The topological polar surface area (TPSA) is 73.6 Å². The van der Waals surface area contributed by atoms with E-state index >= 15 is 0 Å². The first kappa shape index (κ1) is 14.8. The van der Waals surface area contributed by atoms with Gasteiger partial charge in [0.05, 0.1) is 18.2 Å². The Morgan fingerprint density at radius 2 is 1.89 bits per heavy atom. The standard InChI is InChI=1S/C14H26N2O3/c1-3-18-10-5-9(6-10)7-13(17)16-14-11(15)8-12(14)19-4-2/h9-12,14H,3-8,15H2,1-2H3,(H,16,17). The molecule has 3 atom stereocenters. The molecular weight excluding hydrogens is 244 g/mol. The van der Waals surface area contributed by atoms with Crippen LogP contribution >= 0.6 is 0 Å². The molecule has 0 aliphatic heterocycles. The average Bonchev–Trinajstić information content (AvgIpc) is 2.33. The smallest absolute Gasteiger partial charge is 0.220 e. The second kappa shape index (κ2) is 6.68. The van der Waals surface area contributed by atoms with Gasteiger partial charge in [-0.3, -0.25) is 4.79 Å². The largest absolute Gasteiger partial charge is 0.378 e. The van der Waals surface area contributed by atoms with Gasteiger partial charge in [0.1, 0.15) is 0 Å². The summed E-state index contributed by atoms with van der Waals surface area (Å²) in [6.07, 6.45) is 3.91. The maximum atomic E-state index is 11.9. The predicted octanol–water partition coefficient (Wildman–Crippen LogP) is 0.813. The molecule has 1 amide bonds. The summed E-state index contributed by atoms with van der Waals surface area (Å²) >= 11 is 0. The summed E-state index contributed by atoms with van der Waals surface area (Å²) < 4.78 is 11.0. The van der Waals surface area contributed by atoms with Gasteiger partial charge in [-0.25, -0.2) is 0 Å². The number of ether oxygens (including phenoxy) is 2. The summed E-state index contributed by atoms with van der Waals surface area (Å²) in [5, 5.41) is 3.02. The molecule has 5 nitrogen and oxygen atoms in total. The lowest BCUT2D eigenvalue weighted by atomic mass is 9.79. The van der Waals surface area contributed by atoms with Gasteiger partial charge >= 0.3 is 0 Å². The van der Waals surface area contributed by atoms with Crippen molar-refractivity contribution in [1.29, 1.82) is 0 Å². The zero-order chi connectivity index (χ0) is 13.8. The number of carbonyl (C=O) groups is 1. The lowest BCUT2D eigenvalue weighted by molar-refractivity contribution is -0.128. The van der Waals surface area contributed by atoms with Crippen LogP contribution in [0, 0.1) is 5.92 Å². The Labute approximate surface area is 115 Å². The molecule has 2 aliphatic carbocycles. The van der Waals surface area contributed by atoms with Gasteiger partial charge in [0.15, 0.2) is 0 Å². The van der Waals surface area contributed by atoms with Crippen LogP contribution in [0.5, 0.6) is 0 Å². The Hall–Kier alpha value is -0.650. The third-order valence-corrected chi connectivity index (χ3v) is 4.14. The summed E-state index contributed by atoms with van der Waals surface area (Å²) in [5.41, 5.74) is 5.92. The summed E-state index contributed by atoms with van der Waals surface area (Å²) in [7, 11) is 0. The summed E-state index contributed by atoms with van der Waals surface area (Å²) in [4.78, 5) is 11.9. The van der Waals surface area contributed by atoms with Gasteiger partial charge in [-0.1, -0.05) is 0 Å². The van der Waals surface area contributed by atoms with Crippen LogP contribution in [-0.4, -0.2) is 43.4 Å². The van der Waals surface area contributed by atoms with Crippen LogP contribution in [0.3, 0.4) is 0 Å². The molecule has 0 aromatic rings. The first-order chi connectivity index (χ1) is 9.13. The highest BCUT2D eigenvalue weighted by molar-refractivity contribution is 5.77. The Kier molecular flexibility index (Phi) is 5.19. The molecule has 0 bridgehead atoms. The Morgan fingerprint density at radius 1 is 1.21 bits per heavy atom. The van der Waals surface area contributed by atoms with E-state index in [9.17, 15) is 4.79 Å². The zero-order valence-electron chi connectivity index (χ0n) is 11.9. The van der Waals surface area contributed by atoms with Crippen molar-refractivity contribution in [3.8, 4) is 0 Å². The second-order valence-corrected chi connectivity index (χ2v) is 5.61. The van der Waals surface area contributed by atoms with Crippen LogP contribution in [0.2, 0.25) is 0 Å². The molecule has 3 unspecified atom stereocenters. The number of nitrogens with one attached hydrogen (secondary N) is 1. The molecule has 2 fully saturated rings. The minimum atomic E-state index is -0.00443. The van der Waals surface area contributed by atoms with Crippen LogP contribution < -0.4 is 11.1 Å². The van der Waals surface area contributed by atoms with Gasteiger partial charge in [-0.05, 0) is 39.0 Å². The van der Waals surface area contributed by atoms with Gasteiger partial charge in [0.25, 0.3) is 0 Å². The van der Waals surface area contributed by atoms with Gasteiger partial charge in [-0.2, -0.15) is 0 Å². The molecule has 0 spiro atoms. The highest BCUT2D eigenvalue weighted by Crippen LogP contribution is 2.33. The highest BCUT2D eigenvalue weighted by Gasteiger charge is 2.41. The van der Waals surface area contributed by atoms with E-state index in [1.54, 1.807) is 0 Å². The molecule has 3 N–H and O–H groups in total. The predicted molar refractivity (Wildman–Crippen MR) is 72.7 cm³/mol. The summed E-state index contributed by atoms with van der Waals surface area (Å²) in [6.45, 7) is 5.40. The van der Waals surface area contributed by atoms with E-state index in [4.69, 9.17) is 15.2 Å². The number of hydrogen-bond acceptors (Lipinski definition) is 4. The fourth-order valence-corrected chi connectivity index (χ4v) is 2.95. The number of amides is 1. The van der Waals surface area contributed by atoms with Crippen molar-refractivity contribution in [2.75, 3.05) is 13.2 Å². The average molecular weight is 270 g/mol. The van der Waals surface area contributed by atoms with E-state index in [2.05, 4.69) is 5.32 Å². The highest BCUT2D eigenvalue weighted by atomic mass is 16.5. The van der Waals surface area contributed by atoms with Crippen LogP contribution in [0.25, 0.3) is 0 Å². The monoisotopic (exact) mass is 270 g/mol. The van der Waals surface area contributed by atoms with Crippen LogP contribution in [0.15, 0.2) is 0 Å². The van der Waals surface area contributed by atoms with E-state index in [-0.39, 0.29) is 24.1 Å². The van der Waals surface area contributed by atoms with Crippen molar-refractivity contribution in [2.24, 2.45) is 11.7 Å².